The SMILES string of the molecule is Cn1cnc(S(=O)(=O)N2CCN(c3cc(F)cc4c3CN(C3CCC(=O)NC3=O)C4=O)CC2)c1. The van der Waals surface area contributed by atoms with Crippen molar-refractivity contribution in [3.63, 3.8) is 0 Å². The zero-order chi connectivity index (χ0) is 24.2. The highest BCUT2D eigenvalue weighted by Crippen LogP contribution is 2.35. The quantitative estimate of drug-likeness (QED) is 0.590. The molecule has 0 spiro atoms. The molecule has 1 N–H and O–H groups in total. The molecular formula is C21H23FN6O5S. The van der Waals surface area contributed by atoms with Gasteiger partial charge in [0.15, 0.2) is 5.03 Å². The second kappa shape index (κ2) is 8.17. The Morgan fingerprint density at radius 1 is 1.12 bits per heavy atom. The van der Waals surface area contributed by atoms with Crippen molar-refractivity contribution >= 4 is 33.4 Å². The number of aryl methyl sites for hydroxylation is 1. The summed E-state index contributed by atoms with van der Waals surface area (Å²) >= 11 is 0. The van der Waals surface area contributed by atoms with Gasteiger partial charge < -0.3 is 14.4 Å². The van der Waals surface area contributed by atoms with Crippen molar-refractivity contribution in [2.75, 3.05) is 31.1 Å². The first-order valence-corrected chi connectivity index (χ1v) is 12.3. The highest BCUT2D eigenvalue weighted by Gasteiger charge is 2.41. The van der Waals surface area contributed by atoms with Crippen molar-refractivity contribution < 1.29 is 27.2 Å². The van der Waals surface area contributed by atoms with Crippen molar-refractivity contribution in [2.24, 2.45) is 7.05 Å². The standard InChI is InChI=1S/C21H23FN6O5S/c1-25-11-19(23-12-25)34(32,33)27-6-4-26(5-7-27)17-9-13(22)8-14-15(17)10-28(21(14)31)16-2-3-18(29)24-20(16)30/h8-9,11-12,16H,2-7,10H2,1H3,(H,24,29,30). The van der Waals surface area contributed by atoms with Crippen LogP contribution in [-0.4, -0.2) is 77.1 Å². The Hall–Kier alpha value is -3.32. The third-order valence-electron chi connectivity index (χ3n) is 6.46. The molecule has 3 aliphatic rings. The average molecular weight is 491 g/mol. The maximum absolute atomic E-state index is 14.5. The van der Waals surface area contributed by atoms with Gasteiger partial charge in [-0.05, 0) is 18.6 Å². The molecule has 0 aliphatic carbocycles. The fraction of sp³-hybridized carbons (Fsp3) is 0.429. The Morgan fingerprint density at radius 2 is 1.85 bits per heavy atom. The van der Waals surface area contributed by atoms with Gasteiger partial charge in [-0.1, -0.05) is 0 Å². The number of anilines is 1. The molecule has 0 saturated carbocycles. The van der Waals surface area contributed by atoms with E-state index in [1.54, 1.807) is 11.6 Å². The van der Waals surface area contributed by atoms with Gasteiger partial charge in [0.2, 0.25) is 11.8 Å². The number of carbonyl (C=O) groups is 3. The molecule has 11 nitrogen and oxygen atoms in total. The number of imide groups is 1. The smallest absolute Gasteiger partial charge is 0.262 e. The molecule has 34 heavy (non-hydrogen) atoms. The summed E-state index contributed by atoms with van der Waals surface area (Å²) in [6, 6.07) is 1.70. The molecule has 1 aromatic heterocycles. The minimum atomic E-state index is -3.74. The molecule has 13 heteroatoms. The van der Waals surface area contributed by atoms with Gasteiger partial charge in [-0.3, -0.25) is 19.7 Å². The molecule has 3 aliphatic heterocycles. The summed E-state index contributed by atoms with van der Waals surface area (Å²) in [5, 5.41) is 2.22. The number of hydrogen-bond donors (Lipinski definition) is 1. The summed E-state index contributed by atoms with van der Waals surface area (Å²) in [4.78, 5) is 44.0. The van der Waals surface area contributed by atoms with Crippen LogP contribution in [0.1, 0.15) is 28.8 Å². The summed E-state index contributed by atoms with van der Waals surface area (Å²) in [7, 11) is -2.05. The first-order chi connectivity index (χ1) is 16.1. The normalized spacial score (nSPS) is 21.7. The predicted molar refractivity (Wildman–Crippen MR) is 117 cm³/mol. The fourth-order valence-corrected chi connectivity index (χ4v) is 6.10. The highest BCUT2D eigenvalue weighted by molar-refractivity contribution is 7.89. The van der Waals surface area contributed by atoms with Crippen molar-refractivity contribution in [3.8, 4) is 0 Å². The number of piperazine rings is 1. The number of nitrogens with zero attached hydrogens (tertiary/aromatic N) is 5. The maximum atomic E-state index is 14.5. The summed E-state index contributed by atoms with van der Waals surface area (Å²) < 4.78 is 43.1. The lowest BCUT2D eigenvalue weighted by Crippen LogP contribution is -2.52. The summed E-state index contributed by atoms with van der Waals surface area (Å²) in [6.07, 6.45) is 3.21. The molecule has 2 aromatic rings. The summed E-state index contributed by atoms with van der Waals surface area (Å²) in [5.74, 6) is -1.96. The number of halogens is 1. The van der Waals surface area contributed by atoms with Gasteiger partial charge in [0.05, 0.1) is 6.33 Å². The topological polar surface area (TPSA) is 125 Å². The van der Waals surface area contributed by atoms with Gasteiger partial charge in [0, 0.05) is 69.2 Å². The van der Waals surface area contributed by atoms with Crippen LogP contribution in [0, 0.1) is 5.82 Å². The molecule has 4 heterocycles. The van der Waals surface area contributed by atoms with Gasteiger partial charge in [0.25, 0.3) is 15.9 Å². The first kappa shape index (κ1) is 22.5. The number of carbonyl (C=O) groups excluding carboxylic acids is 3. The minimum absolute atomic E-state index is 0.0272. The number of amides is 3. The van der Waals surface area contributed by atoms with Gasteiger partial charge in [-0.2, -0.15) is 4.31 Å². The zero-order valence-electron chi connectivity index (χ0n) is 18.4. The number of aromatic nitrogens is 2. The number of imidazole rings is 1. The van der Waals surface area contributed by atoms with Gasteiger partial charge in [-0.15, -0.1) is 0 Å². The van der Waals surface area contributed by atoms with Gasteiger partial charge in [0.1, 0.15) is 11.9 Å². The number of nitrogens with one attached hydrogen (secondary N) is 1. The molecule has 3 amide bonds. The predicted octanol–water partition coefficient (Wildman–Crippen LogP) is -0.169. The zero-order valence-corrected chi connectivity index (χ0v) is 19.2. The second-order valence-corrected chi connectivity index (χ2v) is 10.5. The van der Waals surface area contributed by atoms with E-state index in [1.807, 2.05) is 4.90 Å². The molecule has 1 unspecified atom stereocenters. The van der Waals surface area contributed by atoms with Crippen LogP contribution in [0.2, 0.25) is 0 Å². The Morgan fingerprint density at radius 3 is 2.50 bits per heavy atom. The Labute approximate surface area is 195 Å². The van der Waals surface area contributed by atoms with E-state index >= 15 is 0 Å². The molecule has 2 saturated heterocycles. The van der Waals surface area contributed by atoms with Crippen LogP contribution < -0.4 is 10.2 Å². The molecule has 2 fully saturated rings. The van der Waals surface area contributed by atoms with E-state index in [1.165, 1.54) is 27.8 Å². The number of fused-ring (bicyclic) bond motifs is 1. The Balaban J connectivity index is 1.36. The average Bonchev–Trinajstić information content (AvgIpc) is 3.38. The van der Waals surface area contributed by atoms with Gasteiger partial charge >= 0.3 is 0 Å². The first-order valence-electron chi connectivity index (χ1n) is 10.9. The van der Waals surface area contributed by atoms with Crippen LogP contribution in [0.25, 0.3) is 0 Å². The van der Waals surface area contributed by atoms with E-state index in [0.717, 1.165) is 6.07 Å². The van der Waals surface area contributed by atoms with E-state index in [9.17, 15) is 27.2 Å². The largest absolute Gasteiger partial charge is 0.369 e. The van der Waals surface area contributed by atoms with Crippen LogP contribution in [-0.2, 0) is 33.2 Å². The Kier molecular flexibility index (Phi) is 5.40. The van der Waals surface area contributed by atoms with Crippen LogP contribution in [0.3, 0.4) is 0 Å². The fourth-order valence-electron chi connectivity index (χ4n) is 4.71. The number of benzene rings is 1. The monoisotopic (exact) mass is 490 g/mol. The molecule has 1 aromatic carbocycles. The lowest BCUT2D eigenvalue weighted by molar-refractivity contribution is -0.136. The lowest BCUT2D eigenvalue weighted by atomic mass is 10.0. The van der Waals surface area contributed by atoms with Crippen LogP contribution in [0.15, 0.2) is 29.7 Å². The van der Waals surface area contributed by atoms with E-state index in [2.05, 4.69) is 10.3 Å². The molecule has 0 bridgehead atoms. The summed E-state index contributed by atoms with van der Waals surface area (Å²) in [6.45, 7) is 1.07. The molecule has 0 radical (unpaired) electrons. The molecule has 5 rings (SSSR count). The third kappa shape index (κ3) is 3.74. The third-order valence-corrected chi connectivity index (χ3v) is 8.25. The van der Waals surface area contributed by atoms with Gasteiger partial charge in [-0.25, -0.2) is 17.8 Å². The molecule has 180 valence electrons. The van der Waals surface area contributed by atoms with Crippen LogP contribution >= 0.6 is 0 Å². The van der Waals surface area contributed by atoms with Crippen molar-refractivity contribution in [1.29, 1.82) is 0 Å². The van der Waals surface area contributed by atoms with Crippen LogP contribution in [0.4, 0.5) is 10.1 Å². The van der Waals surface area contributed by atoms with E-state index in [-0.39, 0.29) is 49.0 Å². The van der Waals surface area contributed by atoms with Crippen molar-refractivity contribution in [2.45, 2.75) is 30.5 Å². The Bertz CT molecular complexity index is 1300. The number of rotatable bonds is 4. The molecule has 1 atom stereocenters. The summed E-state index contributed by atoms with van der Waals surface area (Å²) in [5.41, 5.74) is 1.29. The second-order valence-electron chi connectivity index (χ2n) is 8.62. The number of sulfonamides is 1. The maximum Gasteiger partial charge on any atom is 0.262 e. The highest BCUT2D eigenvalue weighted by atomic mass is 32.2. The number of hydrogen-bond acceptors (Lipinski definition) is 7. The van der Waals surface area contributed by atoms with Crippen molar-refractivity contribution in [1.82, 2.24) is 24.1 Å². The lowest BCUT2D eigenvalue weighted by Gasteiger charge is -2.36. The molecular weight excluding hydrogens is 467 g/mol. The van der Waals surface area contributed by atoms with E-state index < -0.39 is 33.7 Å². The van der Waals surface area contributed by atoms with Crippen molar-refractivity contribution in [3.05, 3.63) is 41.6 Å². The van der Waals surface area contributed by atoms with E-state index in [0.29, 0.717) is 24.3 Å². The number of piperidine rings is 1. The van der Waals surface area contributed by atoms with E-state index in [4.69, 9.17) is 0 Å². The minimum Gasteiger partial charge on any atom is -0.369 e. The van der Waals surface area contributed by atoms with Crippen LogP contribution in [0.5, 0.6) is 0 Å².